The van der Waals surface area contributed by atoms with Crippen LogP contribution in [-0.2, 0) is 6.42 Å². The summed E-state index contributed by atoms with van der Waals surface area (Å²) in [5.41, 5.74) is 1.75. The van der Waals surface area contributed by atoms with Crippen molar-refractivity contribution >= 4 is 15.9 Å². The van der Waals surface area contributed by atoms with Gasteiger partial charge in [0.25, 0.3) is 0 Å². The topological polar surface area (TPSA) is 12.0 Å². The van der Waals surface area contributed by atoms with E-state index < -0.39 is 0 Å². The van der Waals surface area contributed by atoms with Crippen LogP contribution in [0.4, 0.5) is 0 Å². The first-order valence-corrected chi connectivity index (χ1v) is 7.89. The molecule has 0 aliphatic carbocycles. The maximum atomic E-state index is 3.82. The summed E-state index contributed by atoms with van der Waals surface area (Å²) in [6.45, 7) is 5.84. The van der Waals surface area contributed by atoms with Gasteiger partial charge in [0.05, 0.1) is 0 Å². The molecule has 1 unspecified atom stereocenters. The standard InChI is InChI=1S/C16H24BrN/c1-13(2)11-16(9-5-6-10-18-16)12-14-7-3-4-8-15(14)17/h3-4,7-8,13,18H,5-6,9-12H2,1-2H3. The van der Waals surface area contributed by atoms with Crippen molar-refractivity contribution in [1.82, 2.24) is 5.32 Å². The fourth-order valence-electron chi connectivity index (χ4n) is 3.22. The van der Waals surface area contributed by atoms with Crippen molar-refractivity contribution in [3.63, 3.8) is 0 Å². The first kappa shape index (κ1) is 14.1. The van der Waals surface area contributed by atoms with Crippen molar-refractivity contribution in [2.24, 2.45) is 5.92 Å². The van der Waals surface area contributed by atoms with Crippen molar-refractivity contribution in [2.45, 2.75) is 51.5 Å². The molecule has 1 aromatic rings. The molecule has 0 bridgehead atoms. The molecule has 0 aromatic heterocycles. The lowest BCUT2D eigenvalue weighted by Crippen LogP contribution is -2.51. The minimum absolute atomic E-state index is 0.316. The molecular weight excluding hydrogens is 286 g/mol. The highest BCUT2D eigenvalue weighted by Crippen LogP contribution is 2.32. The highest BCUT2D eigenvalue weighted by molar-refractivity contribution is 9.10. The van der Waals surface area contributed by atoms with Crippen molar-refractivity contribution in [3.8, 4) is 0 Å². The van der Waals surface area contributed by atoms with Gasteiger partial charge in [-0.05, 0) is 49.8 Å². The third-order valence-corrected chi connectivity index (χ3v) is 4.64. The summed E-state index contributed by atoms with van der Waals surface area (Å²) >= 11 is 3.69. The lowest BCUT2D eigenvalue weighted by atomic mass is 9.77. The van der Waals surface area contributed by atoms with E-state index in [-0.39, 0.29) is 0 Å². The Hall–Kier alpha value is -0.340. The van der Waals surface area contributed by atoms with Gasteiger partial charge in [0, 0.05) is 10.0 Å². The average molecular weight is 310 g/mol. The molecule has 2 heteroatoms. The van der Waals surface area contributed by atoms with Gasteiger partial charge in [-0.2, -0.15) is 0 Å². The van der Waals surface area contributed by atoms with Crippen LogP contribution in [0.15, 0.2) is 28.7 Å². The highest BCUT2D eigenvalue weighted by Gasteiger charge is 2.32. The van der Waals surface area contributed by atoms with Gasteiger partial charge in [-0.25, -0.2) is 0 Å². The molecule has 1 heterocycles. The number of piperidine rings is 1. The molecule has 18 heavy (non-hydrogen) atoms. The Bertz CT molecular complexity index is 380. The summed E-state index contributed by atoms with van der Waals surface area (Å²) in [6.07, 6.45) is 6.42. The number of hydrogen-bond donors (Lipinski definition) is 1. The zero-order valence-electron chi connectivity index (χ0n) is 11.5. The molecule has 0 amide bonds. The average Bonchev–Trinajstić information content (AvgIpc) is 2.32. The molecule has 1 aliphatic rings. The zero-order chi connectivity index (χ0) is 13.0. The lowest BCUT2D eigenvalue weighted by molar-refractivity contribution is 0.210. The minimum atomic E-state index is 0.316. The monoisotopic (exact) mass is 309 g/mol. The zero-order valence-corrected chi connectivity index (χ0v) is 13.1. The van der Waals surface area contributed by atoms with E-state index in [1.54, 1.807) is 0 Å². The Morgan fingerprint density at radius 1 is 1.28 bits per heavy atom. The quantitative estimate of drug-likeness (QED) is 0.860. The lowest BCUT2D eigenvalue weighted by Gasteiger charge is -2.40. The van der Waals surface area contributed by atoms with Crippen LogP contribution in [0.5, 0.6) is 0 Å². The Balaban J connectivity index is 2.17. The third kappa shape index (κ3) is 3.58. The van der Waals surface area contributed by atoms with Crippen LogP contribution in [0.2, 0.25) is 0 Å². The maximum Gasteiger partial charge on any atom is 0.0224 e. The molecule has 1 saturated heterocycles. The Labute approximate surface area is 119 Å². The number of rotatable bonds is 4. The van der Waals surface area contributed by atoms with Crippen LogP contribution < -0.4 is 5.32 Å². The molecule has 1 N–H and O–H groups in total. The van der Waals surface area contributed by atoms with Gasteiger partial charge in [-0.1, -0.05) is 54.4 Å². The van der Waals surface area contributed by atoms with Crippen LogP contribution in [0, 0.1) is 5.92 Å². The second kappa shape index (κ2) is 6.21. The molecule has 100 valence electrons. The van der Waals surface area contributed by atoms with Crippen LogP contribution in [0.3, 0.4) is 0 Å². The van der Waals surface area contributed by atoms with Gasteiger partial charge in [-0.15, -0.1) is 0 Å². The molecule has 0 radical (unpaired) electrons. The van der Waals surface area contributed by atoms with Crippen molar-refractivity contribution in [2.75, 3.05) is 6.54 Å². The summed E-state index contributed by atoms with van der Waals surface area (Å²) in [4.78, 5) is 0. The normalized spacial score (nSPS) is 24.4. The largest absolute Gasteiger partial charge is 0.311 e. The fourth-order valence-corrected chi connectivity index (χ4v) is 3.64. The van der Waals surface area contributed by atoms with Gasteiger partial charge >= 0.3 is 0 Å². The first-order valence-electron chi connectivity index (χ1n) is 7.10. The molecule has 1 fully saturated rings. The van der Waals surface area contributed by atoms with Gasteiger partial charge in [0.2, 0.25) is 0 Å². The van der Waals surface area contributed by atoms with Crippen molar-refractivity contribution < 1.29 is 0 Å². The molecule has 1 atom stereocenters. The SMILES string of the molecule is CC(C)CC1(Cc2ccccc2Br)CCCCN1. The number of hydrogen-bond acceptors (Lipinski definition) is 1. The fraction of sp³-hybridized carbons (Fsp3) is 0.625. The molecular formula is C16H24BrN. The second-order valence-corrected chi connectivity index (χ2v) is 6.88. The Morgan fingerprint density at radius 2 is 2.06 bits per heavy atom. The smallest absolute Gasteiger partial charge is 0.0224 e. The van der Waals surface area contributed by atoms with Crippen molar-refractivity contribution in [1.29, 1.82) is 0 Å². The summed E-state index contributed by atoms with van der Waals surface area (Å²) in [6, 6.07) is 8.65. The van der Waals surface area contributed by atoms with Crippen LogP contribution >= 0.6 is 15.9 Å². The van der Waals surface area contributed by atoms with Crippen LogP contribution in [0.1, 0.15) is 45.1 Å². The molecule has 0 spiro atoms. The predicted molar refractivity (Wildman–Crippen MR) is 81.9 cm³/mol. The van der Waals surface area contributed by atoms with E-state index in [2.05, 4.69) is 59.4 Å². The molecule has 1 aromatic carbocycles. The van der Waals surface area contributed by atoms with E-state index in [9.17, 15) is 0 Å². The molecule has 1 aliphatic heterocycles. The Morgan fingerprint density at radius 3 is 2.67 bits per heavy atom. The number of nitrogens with one attached hydrogen (secondary N) is 1. The molecule has 1 nitrogen and oxygen atoms in total. The van der Waals surface area contributed by atoms with Gasteiger partial charge in [0.15, 0.2) is 0 Å². The first-order chi connectivity index (χ1) is 8.61. The second-order valence-electron chi connectivity index (χ2n) is 6.03. The van der Waals surface area contributed by atoms with Gasteiger partial charge in [0.1, 0.15) is 0 Å². The highest BCUT2D eigenvalue weighted by atomic mass is 79.9. The van der Waals surface area contributed by atoms with E-state index in [0.717, 1.165) is 12.3 Å². The van der Waals surface area contributed by atoms with E-state index in [1.165, 1.54) is 42.3 Å². The Kier molecular flexibility index (Phi) is 4.85. The summed E-state index contributed by atoms with van der Waals surface area (Å²) in [5, 5.41) is 3.82. The summed E-state index contributed by atoms with van der Waals surface area (Å²) in [5.74, 6) is 0.748. The van der Waals surface area contributed by atoms with Gasteiger partial charge in [-0.3, -0.25) is 0 Å². The molecule has 0 saturated carbocycles. The van der Waals surface area contributed by atoms with Crippen LogP contribution in [-0.4, -0.2) is 12.1 Å². The maximum absolute atomic E-state index is 3.82. The minimum Gasteiger partial charge on any atom is -0.311 e. The predicted octanol–water partition coefficient (Wildman–Crippen LogP) is 4.55. The van der Waals surface area contributed by atoms with E-state index in [1.807, 2.05) is 0 Å². The third-order valence-electron chi connectivity index (χ3n) is 3.87. The number of benzene rings is 1. The van der Waals surface area contributed by atoms with E-state index in [0.29, 0.717) is 5.54 Å². The summed E-state index contributed by atoms with van der Waals surface area (Å²) in [7, 11) is 0. The summed E-state index contributed by atoms with van der Waals surface area (Å²) < 4.78 is 1.25. The van der Waals surface area contributed by atoms with E-state index >= 15 is 0 Å². The number of halogens is 1. The van der Waals surface area contributed by atoms with Crippen LogP contribution in [0.25, 0.3) is 0 Å². The van der Waals surface area contributed by atoms with E-state index in [4.69, 9.17) is 0 Å². The van der Waals surface area contributed by atoms with Crippen molar-refractivity contribution in [3.05, 3.63) is 34.3 Å². The van der Waals surface area contributed by atoms with Gasteiger partial charge < -0.3 is 5.32 Å². The molecule has 2 rings (SSSR count).